The van der Waals surface area contributed by atoms with Crippen LogP contribution in [0, 0.1) is 0 Å². The molecular weight excluding hydrogens is 564 g/mol. The van der Waals surface area contributed by atoms with Gasteiger partial charge in [-0.1, -0.05) is 36.4 Å². The first-order valence-electron chi connectivity index (χ1n) is 14.2. The van der Waals surface area contributed by atoms with Crippen LogP contribution in [0.3, 0.4) is 0 Å². The molecule has 13 heteroatoms. The first-order valence-corrected chi connectivity index (χ1v) is 14.2. The van der Waals surface area contributed by atoms with Crippen LogP contribution in [0.2, 0.25) is 0 Å². The van der Waals surface area contributed by atoms with Gasteiger partial charge in [-0.25, -0.2) is 4.98 Å². The van der Waals surface area contributed by atoms with E-state index in [2.05, 4.69) is 35.9 Å². The Hall–Kier alpha value is -5.43. The second-order valence-electron chi connectivity index (χ2n) is 10.7. The quantitative estimate of drug-likeness (QED) is 0.0994. The van der Waals surface area contributed by atoms with Gasteiger partial charge in [0.25, 0.3) is 0 Å². The summed E-state index contributed by atoms with van der Waals surface area (Å²) in [6.07, 6.45) is 6.91. The Kier molecular flexibility index (Phi) is 9.05. The largest absolute Gasteiger partial charge is 0.480 e. The molecule has 44 heavy (non-hydrogen) atoms. The molecule has 3 heterocycles. The lowest BCUT2D eigenvalue weighted by Crippen LogP contribution is -2.58. The number of fused-ring (bicyclic) bond motifs is 2. The molecule has 2 aromatic carbocycles. The van der Waals surface area contributed by atoms with E-state index in [1.54, 1.807) is 18.6 Å². The van der Waals surface area contributed by atoms with Crippen LogP contribution in [0.4, 0.5) is 0 Å². The SMILES string of the molecule is CC(NC(=O)C(Cc1c[nH]c2ccccc12)NC(=O)C(Cc1c[nH]c2ccccc12)NC(=O)C(N)Cc1cnc[nH]1)C(=O)O. The molecule has 5 rings (SSSR count). The highest BCUT2D eigenvalue weighted by Crippen LogP contribution is 2.21. The maximum absolute atomic E-state index is 13.9. The summed E-state index contributed by atoms with van der Waals surface area (Å²) in [4.78, 5) is 65.1. The fourth-order valence-corrected chi connectivity index (χ4v) is 5.11. The Morgan fingerprint density at radius 1 is 0.773 bits per heavy atom. The maximum Gasteiger partial charge on any atom is 0.325 e. The minimum Gasteiger partial charge on any atom is -0.480 e. The molecule has 4 atom stereocenters. The fourth-order valence-electron chi connectivity index (χ4n) is 5.11. The molecule has 0 saturated carbocycles. The standard InChI is InChI=1S/C31H34N8O5/c1-17(31(43)44)37-29(41)26(10-18-13-34-24-8-4-2-6-21(18)24)39-30(42)27(11-19-14-35-25-9-5-3-7-22(19)25)38-28(40)23(32)12-20-15-33-16-36-20/h2-9,13-17,23,26-27,34-35H,10-12,32H2,1H3,(H,33,36)(H,37,41)(H,38,40)(H,39,42)(H,43,44). The first kappa shape index (κ1) is 30.0. The van der Waals surface area contributed by atoms with Gasteiger partial charge in [0, 0.05) is 65.4 Å². The summed E-state index contributed by atoms with van der Waals surface area (Å²) >= 11 is 0. The smallest absolute Gasteiger partial charge is 0.325 e. The summed E-state index contributed by atoms with van der Waals surface area (Å²) in [5.41, 5.74) is 10.1. The molecule has 9 N–H and O–H groups in total. The van der Waals surface area contributed by atoms with Crippen LogP contribution in [0.15, 0.2) is 73.4 Å². The Bertz CT molecular complexity index is 1780. The molecule has 0 aliphatic rings. The number of aromatic nitrogens is 4. The highest BCUT2D eigenvalue weighted by Gasteiger charge is 2.31. The van der Waals surface area contributed by atoms with E-state index in [-0.39, 0.29) is 19.3 Å². The average Bonchev–Trinajstić information content (AvgIpc) is 3.77. The van der Waals surface area contributed by atoms with Crippen LogP contribution >= 0.6 is 0 Å². The number of aromatic amines is 3. The lowest BCUT2D eigenvalue weighted by atomic mass is 10.0. The van der Waals surface area contributed by atoms with Gasteiger partial charge in [0.05, 0.1) is 12.4 Å². The monoisotopic (exact) mass is 598 g/mol. The van der Waals surface area contributed by atoms with Crippen molar-refractivity contribution < 1.29 is 24.3 Å². The summed E-state index contributed by atoms with van der Waals surface area (Å²) in [7, 11) is 0. The van der Waals surface area contributed by atoms with E-state index in [4.69, 9.17) is 5.73 Å². The summed E-state index contributed by atoms with van der Waals surface area (Å²) < 4.78 is 0. The molecule has 0 radical (unpaired) electrons. The van der Waals surface area contributed by atoms with Crippen molar-refractivity contribution in [2.45, 2.75) is 50.4 Å². The lowest BCUT2D eigenvalue weighted by molar-refractivity contribution is -0.141. The Labute approximate surface area is 252 Å². The predicted molar refractivity (Wildman–Crippen MR) is 163 cm³/mol. The number of hydrogen-bond donors (Lipinski definition) is 8. The molecular formula is C31H34N8O5. The van der Waals surface area contributed by atoms with Crippen molar-refractivity contribution in [2.75, 3.05) is 0 Å². The van der Waals surface area contributed by atoms with Gasteiger partial charge in [-0.2, -0.15) is 0 Å². The average molecular weight is 599 g/mol. The number of carboxylic acids is 1. The topological polar surface area (TPSA) is 211 Å². The molecule has 0 aliphatic heterocycles. The maximum atomic E-state index is 13.9. The number of hydrogen-bond acceptors (Lipinski definition) is 6. The number of aliphatic carboxylic acids is 1. The Morgan fingerprint density at radius 3 is 1.82 bits per heavy atom. The van der Waals surface area contributed by atoms with E-state index < -0.39 is 47.9 Å². The van der Waals surface area contributed by atoms with E-state index >= 15 is 0 Å². The van der Waals surface area contributed by atoms with Crippen molar-refractivity contribution in [3.05, 3.63) is 90.3 Å². The zero-order valence-electron chi connectivity index (χ0n) is 24.0. The highest BCUT2D eigenvalue weighted by molar-refractivity contribution is 5.95. The van der Waals surface area contributed by atoms with Crippen LogP contribution in [0.25, 0.3) is 21.8 Å². The number of benzene rings is 2. The molecule has 0 aliphatic carbocycles. The zero-order chi connectivity index (χ0) is 31.2. The fraction of sp³-hybridized carbons (Fsp3) is 0.258. The first-order chi connectivity index (χ1) is 21.2. The van der Waals surface area contributed by atoms with E-state index in [1.165, 1.54) is 13.3 Å². The number of rotatable bonds is 13. The van der Waals surface area contributed by atoms with Gasteiger partial charge in [0.1, 0.15) is 18.1 Å². The van der Waals surface area contributed by atoms with E-state index in [9.17, 15) is 24.3 Å². The molecule has 0 fully saturated rings. The molecule has 0 spiro atoms. The van der Waals surface area contributed by atoms with E-state index in [0.717, 1.165) is 32.9 Å². The normalized spacial score (nSPS) is 14.0. The molecule has 13 nitrogen and oxygen atoms in total. The van der Waals surface area contributed by atoms with Crippen molar-refractivity contribution in [3.63, 3.8) is 0 Å². The van der Waals surface area contributed by atoms with Crippen LogP contribution in [0.1, 0.15) is 23.7 Å². The summed E-state index contributed by atoms with van der Waals surface area (Å²) in [6.45, 7) is 1.34. The molecule has 228 valence electrons. The van der Waals surface area contributed by atoms with Crippen molar-refractivity contribution >= 4 is 45.5 Å². The van der Waals surface area contributed by atoms with E-state index in [0.29, 0.717) is 5.69 Å². The van der Waals surface area contributed by atoms with Crippen LogP contribution in [-0.2, 0) is 38.4 Å². The van der Waals surface area contributed by atoms with Gasteiger partial charge in [0.2, 0.25) is 17.7 Å². The second kappa shape index (κ2) is 13.3. The number of nitrogens with one attached hydrogen (secondary N) is 6. The number of H-pyrrole nitrogens is 3. The zero-order valence-corrected chi connectivity index (χ0v) is 24.0. The number of carboxylic acid groups (broad SMARTS) is 1. The number of carbonyl (C=O) groups is 4. The van der Waals surface area contributed by atoms with Gasteiger partial charge >= 0.3 is 5.97 Å². The summed E-state index contributed by atoms with van der Waals surface area (Å²) in [5.74, 6) is -3.07. The van der Waals surface area contributed by atoms with Gasteiger partial charge < -0.3 is 41.7 Å². The lowest BCUT2D eigenvalue weighted by Gasteiger charge is -2.25. The number of imidazole rings is 1. The van der Waals surface area contributed by atoms with Gasteiger partial charge in [-0.15, -0.1) is 0 Å². The van der Waals surface area contributed by atoms with E-state index in [1.807, 2.05) is 48.5 Å². The summed E-state index contributed by atoms with van der Waals surface area (Å²) in [5, 5.41) is 19.1. The predicted octanol–water partition coefficient (Wildman–Crippen LogP) is 1.29. The third-order valence-electron chi connectivity index (χ3n) is 7.52. The van der Waals surface area contributed by atoms with Gasteiger partial charge in [0.15, 0.2) is 0 Å². The molecule has 3 amide bonds. The Morgan fingerprint density at radius 2 is 1.30 bits per heavy atom. The number of para-hydroxylation sites is 2. The molecule has 3 aromatic heterocycles. The number of carbonyl (C=O) groups excluding carboxylic acids is 3. The van der Waals surface area contributed by atoms with Gasteiger partial charge in [-0.3, -0.25) is 19.2 Å². The minimum atomic E-state index is -1.22. The number of amides is 3. The molecule has 5 aromatic rings. The van der Waals surface area contributed by atoms with Crippen molar-refractivity contribution in [2.24, 2.45) is 5.73 Å². The summed E-state index contributed by atoms with van der Waals surface area (Å²) in [6, 6.07) is 10.7. The van der Waals surface area contributed by atoms with Crippen LogP contribution < -0.4 is 21.7 Å². The minimum absolute atomic E-state index is 0.0705. The van der Waals surface area contributed by atoms with Crippen molar-refractivity contribution in [3.8, 4) is 0 Å². The molecule has 0 bridgehead atoms. The Balaban J connectivity index is 1.41. The van der Waals surface area contributed by atoms with Crippen LogP contribution in [0.5, 0.6) is 0 Å². The van der Waals surface area contributed by atoms with Crippen LogP contribution in [-0.4, -0.2) is 72.9 Å². The number of nitrogens with zero attached hydrogens (tertiary/aromatic N) is 1. The number of nitrogens with two attached hydrogens (primary N) is 1. The second-order valence-corrected chi connectivity index (χ2v) is 10.7. The highest BCUT2D eigenvalue weighted by atomic mass is 16.4. The third kappa shape index (κ3) is 6.95. The third-order valence-corrected chi connectivity index (χ3v) is 7.52. The van der Waals surface area contributed by atoms with Crippen molar-refractivity contribution in [1.29, 1.82) is 0 Å². The molecule has 4 unspecified atom stereocenters. The van der Waals surface area contributed by atoms with Gasteiger partial charge in [-0.05, 0) is 30.2 Å². The molecule has 0 saturated heterocycles. The van der Waals surface area contributed by atoms with Crippen molar-refractivity contribution in [1.82, 2.24) is 35.9 Å².